The normalized spacial score (nSPS) is 23.3. The summed E-state index contributed by atoms with van der Waals surface area (Å²) in [6.45, 7) is 0. The van der Waals surface area contributed by atoms with Crippen LogP contribution < -0.4 is 11.1 Å². The average Bonchev–Trinajstić information content (AvgIpc) is 2.26. The van der Waals surface area contributed by atoms with Crippen LogP contribution in [0.25, 0.3) is 0 Å². The van der Waals surface area contributed by atoms with E-state index in [1.807, 2.05) is 0 Å². The van der Waals surface area contributed by atoms with Crippen LogP contribution in [0.2, 0.25) is 0 Å². The molecule has 0 spiro atoms. The maximum atomic E-state index is 12.3. The van der Waals surface area contributed by atoms with E-state index in [0.29, 0.717) is 12.8 Å². The summed E-state index contributed by atoms with van der Waals surface area (Å²) in [6.07, 6.45) is -2.17. The molecule has 1 amide bonds. The van der Waals surface area contributed by atoms with Crippen molar-refractivity contribution in [3.05, 3.63) is 29.6 Å². The SMILES string of the molecule is NC1CC(NC(=O)c2ccc(C(F)(F)F)nc2)C1. The Kier molecular flexibility index (Phi) is 3.25. The average molecular weight is 259 g/mol. The molecule has 0 bridgehead atoms. The van der Waals surface area contributed by atoms with E-state index in [1.54, 1.807) is 0 Å². The predicted molar refractivity (Wildman–Crippen MR) is 57.7 cm³/mol. The minimum Gasteiger partial charge on any atom is -0.349 e. The molecule has 2 rings (SSSR count). The predicted octanol–water partition coefficient (Wildman–Crippen LogP) is 1.32. The molecule has 0 saturated heterocycles. The maximum Gasteiger partial charge on any atom is 0.433 e. The first-order valence-corrected chi connectivity index (χ1v) is 5.46. The molecule has 1 aliphatic carbocycles. The molecule has 0 atom stereocenters. The van der Waals surface area contributed by atoms with Crippen molar-refractivity contribution in [2.75, 3.05) is 0 Å². The standard InChI is InChI=1S/C11H12F3N3O/c12-11(13,14)9-2-1-6(5-16-9)10(18)17-8-3-7(15)4-8/h1-2,5,7-8H,3-4,15H2,(H,17,18). The number of amides is 1. The fourth-order valence-corrected chi connectivity index (χ4v) is 1.74. The molecular formula is C11H12F3N3O. The smallest absolute Gasteiger partial charge is 0.349 e. The first-order valence-electron chi connectivity index (χ1n) is 5.46. The van der Waals surface area contributed by atoms with Gasteiger partial charge in [0.2, 0.25) is 0 Å². The van der Waals surface area contributed by atoms with Gasteiger partial charge >= 0.3 is 6.18 Å². The van der Waals surface area contributed by atoms with Crippen molar-refractivity contribution in [3.8, 4) is 0 Å². The van der Waals surface area contributed by atoms with Crippen LogP contribution in [0.5, 0.6) is 0 Å². The van der Waals surface area contributed by atoms with Crippen molar-refractivity contribution in [2.45, 2.75) is 31.1 Å². The Morgan fingerprint density at radius 3 is 2.50 bits per heavy atom. The van der Waals surface area contributed by atoms with Gasteiger partial charge < -0.3 is 11.1 Å². The number of nitrogens with two attached hydrogens (primary N) is 1. The van der Waals surface area contributed by atoms with Gasteiger partial charge in [0.15, 0.2) is 0 Å². The van der Waals surface area contributed by atoms with E-state index in [4.69, 9.17) is 5.73 Å². The number of nitrogens with zero attached hydrogens (tertiary/aromatic N) is 1. The van der Waals surface area contributed by atoms with Crippen molar-refractivity contribution >= 4 is 5.91 Å². The molecule has 7 heteroatoms. The zero-order valence-corrected chi connectivity index (χ0v) is 9.37. The highest BCUT2D eigenvalue weighted by Gasteiger charge is 2.32. The number of halogens is 3. The monoisotopic (exact) mass is 259 g/mol. The maximum absolute atomic E-state index is 12.3. The van der Waals surface area contributed by atoms with Gasteiger partial charge in [-0.1, -0.05) is 0 Å². The zero-order valence-electron chi connectivity index (χ0n) is 9.37. The third kappa shape index (κ3) is 2.79. The lowest BCUT2D eigenvalue weighted by atomic mass is 9.87. The van der Waals surface area contributed by atoms with Gasteiger partial charge in [0.25, 0.3) is 5.91 Å². The van der Waals surface area contributed by atoms with E-state index in [2.05, 4.69) is 10.3 Å². The second-order valence-electron chi connectivity index (χ2n) is 4.33. The molecule has 18 heavy (non-hydrogen) atoms. The summed E-state index contributed by atoms with van der Waals surface area (Å²) in [5.74, 6) is -0.423. The Morgan fingerprint density at radius 2 is 2.06 bits per heavy atom. The third-order valence-electron chi connectivity index (χ3n) is 2.83. The van der Waals surface area contributed by atoms with Gasteiger partial charge in [0.05, 0.1) is 5.56 Å². The van der Waals surface area contributed by atoms with Crippen LogP contribution in [-0.2, 0) is 6.18 Å². The highest BCUT2D eigenvalue weighted by atomic mass is 19.4. The van der Waals surface area contributed by atoms with Crippen LogP contribution in [0.1, 0.15) is 28.9 Å². The lowest BCUT2D eigenvalue weighted by Crippen LogP contribution is -2.50. The number of carbonyl (C=O) groups excluding carboxylic acids is 1. The lowest BCUT2D eigenvalue weighted by molar-refractivity contribution is -0.141. The largest absolute Gasteiger partial charge is 0.433 e. The quantitative estimate of drug-likeness (QED) is 0.841. The minimum absolute atomic E-state index is 0.00907. The van der Waals surface area contributed by atoms with Crippen LogP contribution >= 0.6 is 0 Å². The highest BCUT2D eigenvalue weighted by Crippen LogP contribution is 2.27. The van der Waals surface area contributed by atoms with Crippen molar-refractivity contribution in [1.29, 1.82) is 0 Å². The first kappa shape index (κ1) is 12.8. The van der Waals surface area contributed by atoms with Crippen LogP contribution in [0.4, 0.5) is 13.2 Å². The van der Waals surface area contributed by atoms with Crippen LogP contribution in [-0.4, -0.2) is 23.0 Å². The Balaban J connectivity index is 1.99. The van der Waals surface area contributed by atoms with Crippen molar-refractivity contribution < 1.29 is 18.0 Å². The Hall–Kier alpha value is -1.63. The zero-order chi connectivity index (χ0) is 13.3. The number of nitrogens with one attached hydrogen (secondary N) is 1. The third-order valence-corrected chi connectivity index (χ3v) is 2.83. The molecule has 4 nitrogen and oxygen atoms in total. The van der Waals surface area contributed by atoms with Crippen LogP contribution in [0.3, 0.4) is 0 Å². The minimum atomic E-state index is -4.49. The molecule has 1 saturated carbocycles. The highest BCUT2D eigenvalue weighted by molar-refractivity contribution is 5.94. The summed E-state index contributed by atoms with van der Waals surface area (Å²) in [5, 5.41) is 2.68. The van der Waals surface area contributed by atoms with Gasteiger partial charge in [-0.25, -0.2) is 0 Å². The molecule has 1 heterocycles. The summed E-state index contributed by atoms with van der Waals surface area (Å²) in [6, 6.07) is 2.02. The fraction of sp³-hybridized carbons (Fsp3) is 0.455. The van der Waals surface area contributed by atoms with Gasteiger partial charge in [0.1, 0.15) is 5.69 Å². The van der Waals surface area contributed by atoms with Crippen LogP contribution in [0, 0.1) is 0 Å². The van der Waals surface area contributed by atoms with Crippen molar-refractivity contribution in [3.63, 3.8) is 0 Å². The summed E-state index contributed by atoms with van der Waals surface area (Å²) in [7, 11) is 0. The molecule has 0 aliphatic heterocycles. The number of aromatic nitrogens is 1. The van der Waals surface area contributed by atoms with E-state index < -0.39 is 17.8 Å². The lowest BCUT2D eigenvalue weighted by Gasteiger charge is -2.32. The van der Waals surface area contributed by atoms with Gasteiger partial charge in [-0.15, -0.1) is 0 Å². The summed E-state index contributed by atoms with van der Waals surface area (Å²) < 4.78 is 36.8. The number of hydrogen-bond donors (Lipinski definition) is 2. The van der Waals surface area contributed by atoms with Crippen LogP contribution in [0.15, 0.2) is 18.3 Å². The van der Waals surface area contributed by atoms with Gasteiger partial charge in [-0.2, -0.15) is 13.2 Å². The number of alkyl halides is 3. The van der Waals surface area contributed by atoms with Crippen molar-refractivity contribution in [1.82, 2.24) is 10.3 Å². The molecule has 0 unspecified atom stereocenters. The molecule has 0 radical (unpaired) electrons. The Labute approximate surface area is 101 Å². The fourth-order valence-electron chi connectivity index (χ4n) is 1.74. The van der Waals surface area contributed by atoms with Gasteiger partial charge in [0, 0.05) is 18.3 Å². The summed E-state index contributed by atoms with van der Waals surface area (Å²) >= 11 is 0. The molecule has 3 N–H and O–H groups in total. The number of carbonyl (C=O) groups is 1. The molecular weight excluding hydrogens is 247 g/mol. The number of hydrogen-bond acceptors (Lipinski definition) is 3. The molecule has 98 valence electrons. The summed E-state index contributed by atoms with van der Waals surface area (Å²) in [4.78, 5) is 14.9. The van der Waals surface area contributed by atoms with E-state index in [1.165, 1.54) is 0 Å². The molecule has 1 aromatic rings. The molecule has 1 aromatic heterocycles. The Morgan fingerprint density at radius 1 is 1.39 bits per heavy atom. The summed E-state index contributed by atoms with van der Waals surface area (Å²) in [5.41, 5.74) is 4.67. The number of rotatable bonds is 2. The second kappa shape index (κ2) is 4.56. The van der Waals surface area contributed by atoms with Gasteiger partial charge in [-0.05, 0) is 25.0 Å². The van der Waals surface area contributed by atoms with Gasteiger partial charge in [-0.3, -0.25) is 9.78 Å². The topological polar surface area (TPSA) is 68.0 Å². The molecule has 1 aliphatic rings. The van der Waals surface area contributed by atoms with E-state index in [-0.39, 0.29) is 17.6 Å². The first-order chi connectivity index (χ1) is 8.36. The Bertz CT molecular complexity index is 438. The second-order valence-corrected chi connectivity index (χ2v) is 4.33. The van der Waals surface area contributed by atoms with E-state index in [9.17, 15) is 18.0 Å². The van der Waals surface area contributed by atoms with Crippen molar-refractivity contribution in [2.24, 2.45) is 5.73 Å². The number of pyridine rings is 1. The molecule has 0 aromatic carbocycles. The van der Waals surface area contributed by atoms with E-state index >= 15 is 0 Å². The van der Waals surface area contributed by atoms with E-state index in [0.717, 1.165) is 18.3 Å². The molecule has 1 fully saturated rings.